The number of rotatable bonds is 4. The van der Waals surface area contributed by atoms with Gasteiger partial charge in [-0.15, -0.1) is 0 Å². The molecule has 0 N–H and O–H groups in total. The van der Waals surface area contributed by atoms with Gasteiger partial charge in [-0.3, -0.25) is 29.3 Å². The van der Waals surface area contributed by atoms with Gasteiger partial charge in [-0.05, 0) is 6.07 Å². The summed E-state index contributed by atoms with van der Waals surface area (Å²) in [5, 5.41) is 14.6. The van der Waals surface area contributed by atoms with Crippen molar-refractivity contribution >= 4 is 17.5 Å². The third-order valence-electron chi connectivity index (χ3n) is 3.18. The SMILES string of the molecule is O=C1c2ccc([N+](=O)[O-])cc2C(=O)N1CCn1cncn1. The fraction of sp³-hybridized carbons (Fsp3) is 0.167. The highest BCUT2D eigenvalue weighted by Gasteiger charge is 2.36. The van der Waals surface area contributed by atoms with Gasteiger partial charge in [0.25, 0.3) is 17.5 Å². The Morgan fingerprint density at radius 1 is 1.14 bits per heavy atom. The number of carbonyl (C=O) groups is 2. The molecule has 106 valence electrons. The Hall–Kier alpha value is -3.10. The molecule has 0 aliphatic carbocycles. The van der Waals surface area contributed by atoms with E-state index in [-0.39, 0.29) is 23.4 Å². The molecular formula is C12H9N5O4. The maximum Gasteiger partial charge on any atom is 0.270 e. The summed E-state index contributed by atoms with van der Waals surface area (Å²) < 4.78 is 1.49. The average Bonchev–Trinajstić information content (AvgIpc) is 3.06. The second kappa shape index (κ2) is 4.78. The van der Waals surface area contributed by atoms with Crippen LogP contribution in [0, 0.1) is 10.1 Å². The van der Waals surface area contributed by atoms with Crippen LogP contribution in [0.15, 0.2) is 30.9 Å². The van der Waals surface area contributed by atoms with Crippen LogP contribution in [0.3, 0.4) is 0 Å². The number of carbonyl (C=O) groups excluding carboxylic acids is 2. The zero-order valence-corrected chi connectivity index (χ0v) is 10.7. The number of benzene rings is 1. The predicted octanol–water partition coefficient (Wildman–Crippen LogP) is 0.482. The molecule has 1 aliphatic heterocycles. The number of nitro benzene ring substituents is 1. The van der Waals surface area contributed by atoms with Gasteiger partial charge in [0.15, 0.2) is 0 Å². The smallest absolute Gasteiger partial charge is 0.270 e. The Bertz CT molecular complexity index is 740. The highest BCUT2D eigenvalue weighted by atomic mass is 16.6. The van der Waals surface area contributed by atoms with Gasteiger partial charge in [-0.25, -0.2) is 4.98 Å². The molecule has 1 aliphatic rings. The van der Waals surface area contributed by atoms with Crippen LogP contribution in [0.5, 0.6) is 0 Å². The van der Waals surface area contributed by atoms with Gasteiger partial charge < -0.3 is 0 Å². The molecule has 0 bridgehead atoms. The Labute approximate surface area is 118 Å². The summed E-state index contributed by atoms with van der Waals surface area (Å²) in [5.74, 6) is -0.983. The van der Waals surface area contributed by atoms with Crippen molar-refractivity contribution in [2.45, 2.75) is 6.54 Å². The Balaban J connectivity index is 1.84. The van der Waals surface area contributed by atoms with Crippen LogP contribution >= 0.6 is 0 Å². The van der Waals surface area contributed by atoms with E-state index in [2.05, 4.69) is 10.1 Å². The van der Waals surface area contributed by atoms with Crippen LogP contribution in [0.4, 0.5) is 5.69 Å². The number of fused-ring (bicyclic) bond motifs is 1. The highest BCUT2D eigenvalue weighted by Crippen LogP contribution is 2.26. The molecule has 9 nitrogen and oxygen atoms in total. The molecule has 2 heterocycles. The van der Waals surface area contributed by atoms with E-state index < -0.39 is 16.7 Å². The fourth-order valence-corrected chi connectivity index (χ4v) is 2.15. The first kappa shape index (κ1) is 12.9. The molecule has 0 unspecified atom stereocenters. The van der Waals surface area contributed by atoms with E-state index in [4.69, 9.17) is 0 Å². The van der Waals surface area contributed by atoms with Crippen molar-refractivity contribution in [3.05, 3.63) is 52.1 Å². The van der Waals surface area contributed by atoms with Gasteiger partial charge in [0.1, 0.15) is 12.7 Å². The van der Waals surface area contributed by atoms with Crippen molar-refractivity contribution in [3.8, 4) is 0 Å². The van der Waals surface area contributed by atoms with Crippen LogP contribution in [0.25, 0.3) is 0 Å². The Morgan fingerprint density at radius 2 is 1.90 bits per heavy atom. The molecular weight excluding hydrogens is 278 g/mol. The van der Waals surface area contributed by atoms with Crippen molar-refractivity contribution in [2.75, 3.05) is 6.54 Å². The number of nitro groups is 1. The lowest BCUT2D eigenvalue weighted by Crippen LogP contribution is -2.33. The first-order valence-electron chi connectivity index (χ1n) is 6.05. The van der Waals surface area contributed by atoms with Gasteiger partial charge in [0.2, 0.25) is 0 Å². The molecule has 0 saturated heterocycles. The average molecular weight is 287 g/mol. The van der Waals surface area contributed by atoms with Crippen molar-refractivity contribution in [2.24, 2.45) is 0 Å². The van der Waals surface area contributed by atoms with E-state index >= 15 is 0 Å². The monoisotopic (exact) mass is 287 g/mol. The number of non-ortho nitro benzene ring substituents is 1. The first-order valence-corrected chi connectivity index (χ1v) is 6.05. The lowest BCUT2D eigenvalue weighted by molar-refractivity contribution is -0.384. The molecule has 0 atom stereocenters. The molecule has 1 aromatic carbocycles. The zero-order valence-electron chi connectivity index (χ0n) is 10.7. The molecule has 0 saturated carbocycles. The molecule has 2 amide bonds. The standard InChI is InChI=1S/C12H9N5O4/c18-11-9-2-1-8(17(20)21)5-10(9)12(19)16(11)4-3-15-7-13-6-14-15/h1-2,5-7H,3-4H2. The van der Waals surface area contributed by atoms with Crippen LogP contribution in [0.2, 0.25) is 0 Å². The van der Waals surface area contributed by atoms with Crippen LogP contribution in [0.1, 0.15) is 20.7 Å². The molecule has 0 fully saturated rings. The lowest BCUT2D eigenvalue weighted by atomic mass is 10.1. The Kier molecular flexibility index (Phi) is 2.94. The number of nitrogens with zero attached hydrogens (tertiary/aromatic N) is 5. The summed E-state index contributed by atoms with van der Waals surface area (Å²) in [5.41, 5.74) is 0.0324. The second-order valence-electron chi connectivity index (χ2n) is 4.41. The minimum Gasteiger partial charge on any atom is -0.272 e. The molecule has 0 radical (unpaired) electrons. The normalized spacial score (nSPS) is 13.6. The highest BCUT2D eigenvalue weighted by molar-refractivity contribution is 6.21. The van der Waals surface area contributed by atoms with Gasteiger partial charge in [-0.2, -0.15) is 5.10 Å². The van der Waals surface area contributed by atoms with Gasteiger partial charge in [0, 0.05) is 18.7 Å². The van der Waals surface area contributed by atoms with Gasteiger partial charge in [-0.1, -0.05) is 0 Å². The van der Waals surface area contributed by atoms with Crippen molar-refractivity contribution in [3.63, 3.8) is 0 Å². The fourth-order valence-electron chi connectivity index (χ4n) is 2.15. The number of hydrogen-bond donors (Lipinski definition) is 0. The minimum absolute atomic E-state index is 0.0628. The van der Waals surface area contributed by atoms with E-state index in [9.17, 15) is 19.7 Å². The molecule has 0 spiro atoms. The Morgan fingerprint density at radius 3 is 2.57 bits per heavy atom. The predicted molar refractivity (Wildman–Crippen MR) is 68.5 cm³/mol. The second-order valence-corrected chi connectivity index (χ2v) is 4.41. The largest absolute Gasteiger partial charge is 0.272 e. The maximum absolute atomic E-state index is 12.2. The van der Waals surface area contributed by atoms with E-state index in [0.717, 1.165) is 11.0 Å². The third-order valence-corrected chi connectivity index (χ3v) is 3.18. The van der Waals surface area contributed by atoms with Crippen LogP contribution in [-0.2, 0) is 6.54 Å². The topological polar surface area (TPSA) is 111 Å². The molecule has 1 aromatic heterocycles. The molecule has 3 rings (SSSR count). The van der Waals surface area contributed by atoms with E-state index in [1.807, 2.05) is 0 Å². The maximum atomic E-state index is 12.2. The zero-order chi connectivity index (χ0) is 15.0. The van der Waals surface area contributed by atoms with Crippen LogP contribution < -0.4 is 0 Å². The molecule has 2 aromatic rings. The van der Waals surface area contributed by atoms with Gasteiger partial charge in [0.05, 0.1) is 22.6 Å². The number of amides is 2. The lowest BCUT2D eigenvalue weighted by Gasteiger charge is -2.12. The van der Waals surface area contributed by atoms with E-state index in [1.54, 1.807) is 0 Å². The quantitative estimate of drug-likeness (QED) is 0.459. The summed E-state index contributed by atoms with van der Waals surface area (Å²) in [6.45, 7) is 0.442. The first-order chi connectivity index (χ1) is 10.1. The third kappa shape index (κ3) is 2.14. The van der Waals surface area contributed by atoms with Crippen molar-refractivity contribution in [1.82, 2.24) is 19.7 Å². The van der Waals surface area contributed by atoms with Crippen LogP contribution in [-0.4, -0.2) is 42.9 Å². The van der Waals surface area contributed by atoms with E-state index in [0.29, 0.717) is 6.54 Å². The van der Waals surface area contributed by atoms with Crippen molar-refractivity contribution < 1.29 is 14.5 Å². The van der Waals surface area contributed by atoms with Crippen molar-refractivity contribution in [1.29, 1.82) is 0 Å². The minimum atomic E-state index is -0.601. The summed E-state index contributed by atoms with van der Waals surface area (Å²) in [6, 6.07) is 3.65. The number of aromatic nitrogens is 3. The molecule has 21 heavy (non-hydrogen) atoms. The summed E-state index contributed by atoms with van der Waals surface area (Å²) in [4.78, 5) is 39.3. The number of imide groups is 1. The van der Waals surface area contributed by atoms with Gasteiger partial charge >= 0.3 is 0 Å². The van der Waals surface area contributed by atoms with E-state index in [1.165, 1.54) is 29.5 Å². The summed E-state index contributed by atoms with van der Waals surface area (Å²) in [6.07, 6.45) is 2.83. The molecule has 9 heteroatoms. The summed E-state index contributed by atoms with van der Waals surface area (Å²) in [7, 11) is 0. The summed E-state index contributed by atoms with van der Waals surface area (Å²) >= 11 is 0. The number of hydrogen-bond acceptors (Lipinski definition) is 6.